The van der Waals surface area contributed by atoms with Crippen molar-refractivity contribution < 1.29 is 9.90 Å². The zero-order valence-electron chi connectivity index (χ0n) is 11.5. The molecule has 0 spiro atoms. The Hall–Kier alpha value is -1.35. The van der Waals surface area contributed by atoms with Crippen LogP contribution in [-0.4, -0.2) is 28.1 Å². The Labute approximate surface area is 109 Å². The standard InChI is InChI=1S/C15H23NO2/c1-4-14(17)16(12-15(3,18)5-2)11-13-9-7-6-8-10-13/h6-10,18H,4-5,11-12H2,1-3H3/t15-/m0/s1. The van der Waals surface area contributed by atoms with Gasteiger partial charge in [-0.1, -0.05) is 44.2 Å². The summed E-state index contributed by atoms with van der Waals surface area (Å²) in [5.74, 6) is 0.0765. The molecule has 3 heteroatoms. The molecule has 0 fully saturated rings. The highest BCUT2D eigenvalue weighted by Crippen LogP contribution is 2.14. The maximum atomic E-state index is 11.9. The minimum atomic E-state index is -0.820. The molecule has 18 heavy (non-hydrogen) atoms. The van der Waals surface area contributed by atoms with Crippen molar-refractivity contribution in [1.82, 2.24) is 4.90 Å². The van der Waals surface area contributed by atoms with Gasteiger partial charge in [0.25, 0.3) is 0 Å². The van der Waals surface area contributed by atoms with Crippen molar-refractivity contribution in [2.45, 2.75) is 45.8 Å². The largest absolute Gasteiger partial charge is 0.388 e. The highest BCUT2D eigenvalue weighted by Gasteiger charge is 2.24. The molecule has 0 saturated heterocycles. The molecule has 0 aliphatic rings. The molecule has 0 radical (unpaired) electrons. The molecule has 0 heterocycles. The summed E-state index contributed by atoms with van der Waals surface area (Å²) < 4.78 is 0. The van der Waals surface area contributed by atoms with Crippen molar-refractivity contribution >= 4 is 5.91 Å². The highest BCUT2D eigenvalue weighted by atomic mass is 16.3. The van der Waals surface area contributed by atoms with Gasteiger partial charge in [0.2, 0.25) is 5.91 Å². The Morgan fingerprint density at radius 1 is 1.28 bits per heavy atom. The molecule has 0 saturated carbocycles. The SMILES string of the molecule is CCC(=O)N(Cc1ccccc1)C[C@@](C)(O)CC. The molecule has 100 valence electrons. The van der Waals surface area contributed by atoms with Crippen molar-refractivity contribution in [3.05, 3.63) is 35.9 Å². The number of benzene rings is 1. The summed E-state index contributed by atoms with van der Waals surface area (Å²) in [5.41, 5.74) is 0.269. The van der Waals surface area contributed by atoms with Crippen LogP contribution in [0, 0.1) is 0 Å². The third kappa shape index (κ3) is 4.49. The zero-order valence-corrected chi connectivity index (χ0v) is 11.5. The topological polar surface area (TPSA) is 40.5 Å². The Morgan fingerprint density at radius 2 is 1.89 bits per heavy atom. The number of amides is 1. The Kier molecular flexibility index (Phi) is 5.35. The van der Waals surface area contributed by atoms with E-state index < -0.39 is 5.60 Å². The van der Waals surface area contributed by atoms with Crippen LogP contribution in [0.25, 0.3) is 0 Å². The Morgan fingerprint density at radius 3 is 2.39 bits per heavy atom. The Balaban J connectivity index is 2.77. The van der Waals surface area contributed by atoms with Crippen LogP contribution in [0.5, 0.6) is 0 Å². The van der Waals surface area contributed by atoms with Crippen LogP contribution in [0.4, 0.5) is 0 Å². The predicted octanol–water partition coefficient (Wildman–Crippen LogP) is 2.59. The van der Waals surface area contributed by atoms with Crippen molar-refractivity contribution in [1.29, 1.82) is 0 Å². The van der Waals surface area contributed by atoms with Gasteiger partial charge in [-0.3, -0.25) is 4.79 Å². The lowest BCUT2D eigenvalue weighted by Gasteiger charge is -2.31. The van der Waals surface area contributed by atoms with Gasteiger partial charge < -0.3 is 10.0 Å². The summed E-state index contributed by atoms with van der Waals surface area (Å²) >= 11 is 0. The van der Waals surface area contributed by atoms with Crippen LogP contribution in [0.15, 0.2) is 30.3 Å². The molecule has 0 aliphatic carbocycles. The molecule has 3 nitrogen and oxygen atoms in total. The van der Waals surface area contributed by atoms with E-state index in [1.54, 1.807) is 11.8 Å². The number of carbonyl (C=O) groups is 1. The smallest absolute Gasteiger partial charge is 0.222 e. The van der Waals surface area contributed by atoms with Gasteiger partial charge in [0.05, 0.1) is 5.60 Å². The summed E-state index contributed by atoms with van der Waals surface area (Å²) in [7, 11) is 0. The van der Waals surface area contributed by atoms with E-state index in [4.69, 9.17) is 0 Å². The fourth-order valence-electron chi connectivity index (χ4n) is 1.78. The third-order valence-corrected chi connectivity index (χ3v) is 3.16. The van der Waals surface area contributed by atoms with E-state index in [0.29, 0.717) is 25.9 Å². The molecular weight excluding hydrogens is 226 g/mol. The van der Waals surface area contributed by atoms with E-state index in [1.807, 2.05) is 44.2 Å². The molecule has 0 aliphatic heterocycles. The molecule has 1 rings (SSSR count). The van der Waals surface area contributed by atoms with Gasteiger partial charge in [-0.05, 0) is 18.9 Å². The average Bonchev–Trinajstić information content (AvgIpc) is 2.38. The number of nitrogens with zero attached hydrogens (tertiary/aromatic N) is 1. The average molecular weight is 249 g/mol. The molecule has 0 bridgehead atoms. The van der Waals surface area contributed by atoms with E-state index in [2.05, 4.69) is 0 Å². The molecule has 1 N–H and O–H groups in total. The van der Waals surface area contributed by atoms with Gasteiger partial charge in [-0.15, -0.1) is 0 Å². The first-order valence-electron chi connectivity index (χ1n) is 6.52. The minimum absolute atomic E-state index is 0.0765. The van der Waals surface area contributed by atoms with Crippen molar-refractivity contribution in [3.8, 4) is 0 Å². The molecule has 0 unspecified atom stereocenters. The van der Waals surface area contributed by atoms with Crippen LogP contribution >= 0.6 is 0 Å². The number of aliphatic hydroxyl groups is 1. The third-order valence-electron chi connectivity index (χ3n) is 3.16. The van der Waals surface area contributed by atoms with E-state index in [0.717, 1.165) is 5.56 Å². The molecule has 1 atom stereocenters. The summed E-state index contributed by atoms with van der Waals surface area (Å²) in [6.45, 7) is 6.49. The van der Waals surface area contributed by atoms with Crippen LogP contribution in [-0.2, 0) is 11.3 Å². The molecule has 1 aromatic carbocycles. The first kappa shape index (κ1) is 14.7. The van der Waals surface area contributed by atoms with E-state index in [9.17, 15) is 9.90 Å². The second kappa shape index (κ2) is 6.55. The summed E-state index contributed by atoms with van der Waals surface area (Å²) in [6, 6.07) is 9.87. The molecular formula is C15H23NO2. The highest BCUT2D eigenvalue weighted by molar-refractivity contribution is 5.75. The lowest BCUT2D eigenvalue weighted by molar-refractivity contribution is -0.135. The maximum absolute atomic E-state index is 11.9. The Bertz CT molecular complexity index is 373. The van der Waals surface area contributed by atoms with Crippen molar-refractivity contribution in [3.63, 3.8) is 0 Å². The van der Waals surface area contributed by atoms with Crippen LogP contribution in [0.1, 0.15) is 39.2 Å². The quantitative estimate of drug-likeness (QED) is 0.842. The van der Waals surface area contributed by atoms with Gasteiger partial charge in [0.15, 0.2) is 0 Å². The second-order valence-electron chi connectivity index (χ2n) is 4.94. The fourth-order valence-corrected chi connectivity index (χ4v) is 1.78. The van der Waals surface area contributed by atoms with Crippen LogP contribution in [0.2, 0.25) is 0 Å². The maximum Gasteiger partial charge on any atom is 0.222 e. The fraction of sp³-hybridized carbons (Fsp3) is 0.533. The first-order chi connectivity index (χ1) is 8.48. The van der Waals surface area contributed by atoms with Gasteiger partial charge in [-0.2, -0.15) is 0 Å². The monoisotopic (exact) mass is 249 g/mol. The molecule has 1 amide bonds. The predicted molar refractivity (Wildman–Crippen MR) is 73.1 cm³/mol. The van der Waals surface area contributed by atoms with Crippen LogP contribution < -0.4 is 0 Å². The van der Waals surface area contributed by atoms with Gasteiger partial charge in [0, 0.05) is 19.5 Å². The van der Waals surface area contributed by atoms with Gasteiger partial charge in [-0.25, -0.2) is 0 Å². The number of carbonyl (C=O) groups excluding carboxylic acids is 1. The summed E-state index contributed by atoms with van der Waals surface area (Å²) in [5, 5.41) is 10.1. The van der Waals surface area contributed by atoms with Crippen LogP contribution in [0.3, 0.4) is 0 Å². The second-order valence-corrected chi connectivity index (χ2v) is 4.94. The molecule has 0 aromatic heterocycles. The normalized spacial score (nSPS) is 14.0. The van der Waals surface area contributed by atoms with Crippen molar-refractivity contribution in [2.24, 2.45) is 0 Å². The van der Waals surface area contributed by atoms with E-state index in [1.165, 1.54) is 0 Å². The molecule has 1 aromatic rings. The number of rotatable bonds is 6. The van der Waals surface area contributed by atoms with Crippen molar-refractivity contribution in [2.75, 3.05) is 6.54 Å². The van der Waals surface area contributed by atoms with E-state index in [-0.39, 0.29) is 5.91 Å². The minimum Gasteiger partial charge on any atom is -0.388 e. The lowest BCUT2D eigenvalue weighted by Crippen LogP contribution is -2.43. The summed E-state index contributed by atoms with van der Waals surface area (Å²) in [6.07, 6.45) is 1.10. The van der Waals surface area contributed by atoms with E-state index >= 15 is 0 Å². The first-order valence-corrected chi connectivity index (χ1v) is 6.52. The number of hydrogen-bond donors (Lipinski definition) is 1. The van der Waals surface area contributed by atoms with Gasteiger partial charge >= 0.3 is 0 Å². The number of hydrogen-bond acceptors (Lipinski definition) is 2. The van der Waals surface area contributed by atoms with Gasteiger partial charge in [0.1, 0.15) is 0 Å². The lowest BCUT2D eigenvalue weighted by atomic mass is 10.0. The summed E-state index contributed by atoms with van der Waals surface area (Å²) in [4.78, 5) is 13.7. The zero-order chi connectivity index (χ0) is 13.6.